The van der Waals surface area contributed by atoms with E-state index in [2.05, 4.69) is 26.6 Å². The number of anilines is 2. The van der Waals surface area contributed by atoms with Crippen LogP contribution in [0.25, 0.3) is 0 Å². The molecular formula is C20H20BrClN2O4. The Bertz CT molecular complexity index is 902. The van der Waals surface area contributed by atoms with Crippen LogP contribution >= 0.6 is 27.5 Å². The molecule has 0 saturated carbocycles. The van der Waals surface area contributed by atoms with E-state index in [4.69, 9.17) is 16.3 Å². The number of aryl methyl sites for hydroxylation is 2. The van der Waals surface area contributed by atoms with Gasteiger partial charge in [-0.25, -0.2) is 0 Å². The van der Waals surface area contributed by atoms with E-state index in [9.17, 15) is 14.4 Å². The number of hydrogen-bond donors (Lipinski definition) is 2. The topological polar surface area (TPSA) is 84.5 Å². The molecule has 0 aliphatic carbocycles. The first-order valence-electron chi connectivity index (χ1n) is 8.52. The molecule has 0 fully saturated rings. The summed E-state index contributed by atoms with van der Waals surface area (Å²) in [5.74, 6) is -1.45. The first-order valence-corrected chi connectivity index (χ1v) is 9.69. The molecule has 0 bridgehead atoms. The van der Waals surface area contributed by atoms with Crippen molar-refractivity contribution in [3.63, 3.8) is 0 Å². The van der Waals surface area contributed by atoms with Crippen molar-refractivity contribution in [3.05, 3.63) is 57.0 Å². The number of benzene rings is 2. The summed E-state index contributed by atoms with van der Waals surface area (Å²) < 4.78 is 5.67. The third kappa shape index (κ3) is 6.98. The van der Waals surface area contributed by atoms with Crippen molar-refractivity contribution in [2.45, 2.75) is 26.7 Å². The van der Waals surface area contributed by atoms with Gasteiger partial charge < -0.3 is 15.4 Å². The van der Waals surface area contributed by atoms with Crippen LogP contribution in [0.15, 0.2) is 40.9 Å². The number of halogens is 2. The van der Waals surface area contributed by atoms with Crippen LogP contribution in [0, 0.1) is 13.8 Å². The van der Waals surface area contributed by atoms with Crippen LogP contribution in [0.3, 0.4) is 0 Å². The molecule has 148 valence electrons. The molecule has 8 heteroatoms. The lowest BCUT2D eigenvalue weighted by Crippen LogP contribution is -2.22. The molecule has 28 heavy (non-hydrogen) atoms. The Morgan fingerprint density at radius 2 is 1.71 bits per heavy atom. The summed E-state index contributed by atoms with van der Waals surface area (Å²) in [7, 11) is 0. The van der Waals surface area contributed by atoms with Gasteiger partial charge in [-0.1, -0.05) is 33.6 Å². The fourth-order valence-corrected chi connectivity index (χ4v) is 2.97. The Kier molecular flexibility index (Phi) is 8.02. The molecule has 2 rings (SSSR count). The number of carbonyl (C=O) groups excluding carboxylic acids is 3. The zero-order chi connectivity index (χ0) is 20.7. The quantitative estimate of drug-likeness (QED) is 0.582. The van der Waals surface area contributed by atoms with Gasteiger partial charge in [0.2, 0.25) is 5.91 Å². The highest BCUT2D eigenvalue weighted by atomic mass is 79.9. The normalized spacial score (nSPS) is 10.3. The minimum Gasteiger partial charge on any atom is -0.456 e. The summed E-state index contributed by atoms with van der Waals surface area (Å²) in [5, 5.41) is 5.64. The molecule has 0 atom stereocenters. The number of amides is 2. The molecular weight excluding hydrogens is 448 g/mol. The number of nitrogens with one attached hydrogen (secondary N) is 2. The van der Waals surface area contributed by atoms with Gasteiger partial charge in [0.1, 0.15) is 0 Å². The van der Waals surface area contributed by atoms with Crippen LogP contribution in [0.5, 0.6) is 0 Å². The van der Waals surface area contributed by atoms with Gasteiger partial charge in [-0.15, -0.1) is 0 Å². The molecule has 0 unspecified atom stereocenters. The predicted molar refractivity (Wildman–Crippen MR) is 113 cm³/mol. The second-order valence-electron chi connectivity index (χ2n) is 6.18. The number of ether oxygens (including phenoxy) is 1. The average molecular weight is 468 g/mol. The van der Waals surface area contributed by atoms with Crippen LogP contribution < -0.4 is 10.6 Å². The highest BCUT2D eigenvalue weighted by Crippen LogP contribution is 2.25. The van der Waals surface area contributed by atoms with E-state index in [0.29, 0.717) is 16.4 Å². The van der Waals surface area contributed by atoms with E-state index in [1.807, 2.05) is 26.0 Å². The maximum atomic E-state index is 11.9. The summed E-state index contributed by atoms with van der Waals surface area (Å²) >= 11 is 9.28. The SMILES string of the molecule is Cc1ccc(NC(=O)CCC(=O)OCC(=O)Nc2ccc(Br)cc2Cl)cc1C. The first-order chi connectivity index (χ1) is 13.2. The van der Waals surface area contributed by atoms with Gasteiger partial charge >= 0.3 is 5.97 Å². The maximum Gasteiger partial charge on any atom is 0.306 e. The summed E-state index contributed by atoms with van der Waals surface area (Å²) in [5.41, 5.74) is 3.28. The standard InChI is InChI=1S/C20H20BrClN2O4/c1-12-3-5-15(9-13(12)2)23-18(25)7-8-20(27)28-11-19(26)24-17-6-4-14(21)10-16(17)22/h3-6,9-10H,7-8,11H2,1-2H3,(H,23,25)(H,24,26). The van der Waals surface area contributed by atoms with Crippen molar-refractivity contribution in [2.75, 3.05) is 17.2 Å². The summed E-state index contributed by atoms with van der Waals surface area (Å²) in [4.78, 5) is 35.5. The van der Waals surface area contributed by atoms with Crippen molar-refractivity contribution in [1.29, 1.82) is 0 Å². The van der Waals surface area contributed by atoms with E-state index in [-0.39, 0.29) is 18.7 Å². The van der Waals surface area contributed by atoms with Crippen LogP contribution in [0.4, 0.5) is 11.4 Å². The smallest absolute Gasteiger partial charge is 0.306 e. The fourth-order valence-electron chi connectivity index (χ4n) is 2.25. The molecule has 0 aliphatic heterocycles. The van der Waals surface area contributed by atoms with Crippen LogP contribution in [0.2, 0.25) is 5.02 Å². The van der Waals surface area contributed by atoms with Gasteiger partial charge in [0, 0.05) is 16.6 Å². The molecule has 2 aromatic carbocycles. The number of carbonyl (C=O) groups is 3. The molecule has 2 N–H and O–H groups in total. The monoisotopic (exact) mass is 466 g/mol. The Morgan fingerprint density at radius 1 is 0.964 bits per heavy atom. The molecule has 0 saturated heterocycles. The lowest BCUT2D eigenvalue weighted by atomic mass is 10.1. The van der Waals surface area contributed by atoms with Crippen LogP contribution in [-0.4, -0.2) is 24.4 Å². The van der Waals surface area contributed by atoms with Gasteiger partial charge in [0.15, 0.2) is 6.61 Å². The number of rotatable bonds is 7. The highest BCUT2D eigenvalue weighted by molar-refractivity contribution is 9.10. The predicted octanol–water partition coefficient (Wildman–Crippen LogP) is 4.62. The third-order valence-corrected chi connectivity index (χ3v) is 4.72. The highest BCUT2D eigenvalue weighted by Gasteiger charge is 2.12. The van der Waals surface area contributed by atoms with Crippen molar-refractivity contribution < 1.29 is 19.1 Å². The molecule has 2 amide bonds. The van der Waals surface area contributed by atoms with Crippen molar-refractivity contribution in [3.8, 4) is 0 Å². The lowest BCUT2D eigenvalue weighted by molar-refractivity contribution is -0.147. The molecule has 2 aromatic rings. The van der Waals surface area contributed by atoms with Gasteiger partial charge in [-0.3, -0.25) is 14.4 Å². The molecule has 0 aromatic heterocycles. The fraction of sp³-hybridized carbons (Fsp3) is 0.250. The first kappa shape index (κ1) is 21.9. The molecule has 0 spiro atoms. The second-order valence-corrected chi connectivity index (χ2v) is 7.50. The zero-order valence-electron chi connectivity index (χ0n) is 15.5. The van der Waals surface area contributed by atoms with E-state index in [0.717, 1.165) is 15.6 Å². The number of hydrogen-bond acceptors (Lipinski definition) is 4. The summed E-state index contributed by atoms with van der Waals surface area (Å²) in [6.07, 6.45) is -0.158. The van der Waals surface area contributed by atoms with Gasteiger partial charge in [0.25, 0.3) is 5.91 Å². The molecule has 6 nitrogen and oxygen atoms in total. The zero-order valence-corrected chi connectivity index (χ0v) is 17.8. The van der Waals surface area contributed by atoms with Gasteiger partial charge in [-0.2, -0.15) is 0 Å². The third-order valence-electron chi connectivity index (χ3n) is 3.92. The number of esters is 1. The Morgan fingerprint density at radius 3 is 2.39 bits per heavy atom. The maximum absolute atomic E-state index is 11.9. The van der Waals surface area contributed by atoms with Gasteiger partial charge in [-0.05, 0) is 55.3 Å². The Hall–Kier alpha value is -2.38. The van der Waals surface area contributed by atoms with Crippen molar-refractivity contribution in [2.24, 2.45) is 0 Å². The summed E-state index contributed by atoms with van der Waals surface area (Å²) in [6.45, 7) is 3.48. The van der Waals surface area contributed by atoms with E-state index in [1.54, 1.807) is 24.3 Å². The largest absolute Gasteiger partial charge is 0.456 e. The second kappa shape index (κ2) is 10.2. The van der Waals surface area contributed by atoms with Gasteiger partial charge in [0.05, 0.1) is 17.1 Å². The van der Waals surface area contributed by atoms with Crippen LogP contribution in [0.1, 0.15) is 24.0 Å². The van der Waals surface area contributed by atoms with Crippen molar-refractivity contribution >= 4 is 56.7 Å². The van der Waals surface area contributed by atoms with E-state index >= 15 is 0 Å². The molecule has 0 aliphatic rings. The van der Waals surface area contributed by atoms with Crippen molar-refractivity contribution in [1.82, 2.24) is 0 Å². The average Bonchev–Trinajstić information content (AvgIpc) is 2.63. The minimum absolute atomic E-state index is 0.0358. The Labute approximate surface area is 176 Å². The molecule has 0 radical (unpaired) electrons. The van der Waals surface area contributed by atoms with E-state index in [1.165, 1.54) is 0 Å². The minimum atomic E-state index is -0.632. The molecule has 0 heterocycles. The van der Waals surface area contributed by atoms with Crippen LogP contribution in [-0.2, 0) is 19.1 Å². The Balaban J connectivity index is 1.72. The van der Waals surface area contributed by atoms with E-state index < -0.39 is 18.5 Å². The summed E-state index contributed by atoms with van der Waals surface area (Å²) in [6, 6.07) is 10.6. The lowest BCUT2D eigenvalue weighted by Gasteiger charge is -2.09.